The van der Waals surface area contributed by atoms with Gasteiger partial charge in [0.15, 0.2) is 11.5 Å². The first-order valence-electron chi connectivity index (χ1n) is 8.64. The van der Waals surface area contributed by atoms with Gasteiger partial charge in [-0.15, -0.1) is 0 Å². The number of rotatable bonds is 8. The van der Waals surface area contributed by atoms with E-state index in [9.17, 15) is 4.39 Å². The number of nitrogens with one attached hydrogen (secondary N) is 1. The fourth-order valence-corrected chi connectivity index (χ4v) is 2.93. The van der Waals surface area contributed by atoms with Crippen molar-refractivity contribution >= 4 is 11.6 Å². The molecule has 0 saturated carbocycles. The van der Waals surface area contributed by atoms with E-state index >= 15 is 0 Å². The zero-order valence-electron chi connectivity index (χ0n) is 15.0. The minimum atomic E-state index is -0.386. The summed E-state index contributed by atoms with van der Waals surface area (Å²) in [6, 6.07) is 20.5. The molecule has 3 aromatic carbocycles. The van der Waals surface area contributed by atoms with E-state index in [-0.39, 0.29) is 12.4 Å². The number of ether oxygens (including phenoxy) is 2. The van der Waals surface area contributed by atoms with Gasteiger partial charge in [0.25, 0.3) is 0 Å². The third-order valence-electron chi connectivity index (χ3n) is 4.16. The van der Waals surface area contributed by atoms with Crippen molar-refractivity contribution in [1.82, 2.24) is 5.32 Å². The highest BCUT2D eigenvalue weighted by Crippen LogP contribution is 2.30. The van der Waals surface area contributed by atoms with Crippen LogP contribution in [0, 0.1) is 5.82 Å². The predicted molar refractivity (Wildman–Crippen MR) is 106 cm³/mol. The molecule has 0 bridgehead atoms. The molecule has 27 heavy (non-hydrogen) atoms. The van der Waals surface area contributed by atoms with Crippen molar-refractivity contribution in [3.8, 4) is 11.5 Å². The number of hydrogen-bond donors (Lipinski definition) is 1. The Hall–Kier alpha value is -2.56. The lowest BCUT2D eigenvalue weighted by atomic mass is 10.2. The van der Waals surface area contributed by atoms with E-state index in [1.807, 2.05) is 36.4 Å². The SMILES string of the molecule is COc1cc(CNCc2ccccc2)ccc1OCc1c(F)cccc1Cl. The summed E-state index contributed by atoms with van der Waals surface area (Å²) in [4.78, 5) is 0. The summed E-state index contributed by atoms with van der Waals surface area (Å²) in [6.45, 7) is 1.52. The third-order valence-corrected chi connectivity index (χ3v) is 4.52. The Morgan fingerprint density at radius 2 is 1.67 bits per heavy atom. The monoisotopic (exact) mass is 385 g/mol. The number of hydrogen-bond acceptors (Lipinski definition) is 3. The Bertz CT molecular complexity index is 866. The molecule has 0 radical (unpaired) electrons. The molecule has 0 aliphatic heterocycles. The van der Waals surface area contributed by atoms with Crippen LogP contribution in [0.4, 0.5) is 4.39 Å². The summed E-state index contributed by atoms with van der Waals surface area (Å²) in [5, 5.41) is 3.74. The molecule has 0 atom stereocenters. The first-order chi connectivity index (χ1) is 13.2. The van der Waals surface area contributed by atoms with Gasteiger partial charge in [-0.25, -0.2) is 4.39 Å². The van der Waals surface area contributed by atoms with Gasteiger partial charge < -0.3 is 14.8 Å². The minimum Gasteiger partial charge on any atom is -0.493 e. The molecule has 0 aliphatic carbocycles. The van der Waals surface area contributed by atoms with Crippen LogP contribution in [0.25, 0.3) is 0 Å². The molecular weight excluding hydrogens is 365 g/mol. The van der Waals surface area contributed by atoms with Gasteiger partial charge in [0.1, 0.15) is 12.4 Å². The summed E-state index contributed by atoms with van der Waals surface area (Å²) in [7, 11) is 1.58. The standard InChI is InChI=1S/C22H21ClFNO2/c1-26-22-12-17(14-25-13-16-6-3-2-4-7-16)10-11-21(22)27-15-18-19(23)8-5-9-20(18)24/h2-12,25H,13-15H2,1H3. The van der Waals surface area contributed by atoms with E-state index in [0.29, 0.717) is 28.6 Å². The second-order valence-corrected chi connectivity index (χ2v) is 6.47. The van der Waals surface area contributed by atoms with Crippen molar-refractivity contribution in [3.63, 3.8) is 0 Å². The second-order valence-electron chi connectivity index (χ2n) is 6.06. The lowest BCUT2D eigenvalue weighted by Crippen LogP contribution is -2.12. The van der Waals surface area contributed by atoms with E-state index in [1.165, 1.54) is 11.6 Å². The topological polar surface area (TPSA) is 30.5 Å². The molecule has 140 valence electrons. The van der Waals surface area contributed by atoms with Crippen molar-refractivity contribution in [2.45, 2.75) is 19.7 Å². The summed E-state index contributed by atoms with van der Waals surface area (Å²) >= 11 is 6.04. The Labute approximate surface area is 163 Å². The van der Waals surface area contributed by atoms with Gasteiger partial charge in [0.05, 0.1) is 12.1 Å². The van der Waals surface area contributed by atoms with Crippen LogP contribution in [0.5, 0.6) is 11.5 Å². The molecule has 1 N–H and O–H groups in total. The van der Waals surface area contributed by atoms with Gasteiger partial charge in [-0.05, 0) is 35.4 Å². The molecule has 0 aromatic heterocycles. The molecule has 0 aliphatic rings. The van der Waals surface area contributed by atoms with Crippen LogP contribution in [0.3, 0.4) is 0 Å². The molecule has 0 unspecified atom stereocenters. The normalized spacial score (nSPS) is 10.6. The van der Waals surface area contributed by atoms with Crippen molar-refractivity contribution in [2.24, 2.45) is 0 Å². The highest BCUT2D eigenvalue weighted by molar-refractivity contribution is 6.31. The first-order valence-corrected chi connectivity index (χ1v) is 9.02. The highest BCUT2D eigenvalue weighted by atomic mass is 35.5. The summed E-state index contributed by atoms with van der Waals surface area (Å²) in [5.41, 5.74) is 2.63. The second kappa shape index (κ2) is 9.40. The van der Waals surface area contributed by atoms with Gasteiger partial charge >= 0.3 is 0 Å². The fraction of sp³-hybridized carbons (Fsp3) is 0.182. The van der Waals surface area contributed by atoms with Gasteiger partial charge in [-0.2, -0.15) is 0 Å². The zero-order valence-corrected chi connectivity index (χ0v) is 15.8. The van der Waals surface area contributed by atoms with E-state index in [1.54, 1.807) is 19.2 Å². The Morgan fingerprint density at radius 3 is 2.41 bits per heavy atom. The van der Waals surface area contributed by atoms with Gasteiger partial charge in [-0.1, -0.05) is 54.1 Å². The summed E-state index contributed by atoms with van der Waals surface area (Å²) in [6.07, 6.45) is 0. The van der Waals surface area contributed by atoms with Gasteiger partial charge in [0.2, 0.25) is 0 Å². The average molecular weight is 386 g/mol. The average Bonchev–Trinajstić information content (AvgIpc) is 2.69. The van der Waals surface area contributed by atoms with E-state index in [0.717, 1.165) is 12.1 Å². The highest BCUT2D eigenvalue weighted by Gasteiger charge is 2.11. The Balaban J connectivity index is 1.62. The van der Waals surface area contributed by atoms with E-state index in [4.69, 9.17) is 21.1 Å². The Morgan fingerprint density at radius 1 is 0.889 bits per heavy atom. The number of benzene rings is 3. The van der Waals surface area contributed by atoms with Gasteiger partial charge in [-0.3, -0.25) is 0 Å². The summed E-state index contributed by atoms with van der Waals surface area (Å²) < 4.78 is 25.0. The van der Waals surface area contributed by atoms with Crippen LogP contribution in [0.15, 0.2) is 66.7 Å². The molecule has 0 fully saturated rings. The van der Waals surface area contributed by atoms with E-state index in [2.05, 4.69) is 17.4 Å². The van der Waals surface area contributed by atoms with Crippen LogP contribution in [0.1, 0.15) is 16.7 Å². The largest absolute Gasteiger partial charge is 0.493 e. The lowest BCUT2D eigenvalue weighted by molar-refractivity contribution is 0.279. The molecule has 3 aromatic rings. The number of methoxy groups -OCH3 is 1. The molecular formula is C22H21ClFNO2. The maximum atomic E-state index is 13.9. The van der Waals surface area contributed by atoms with Crippen molar-refractivity contribution < 1.29 is 13.9 Å². The third kappa shape index (κ3) is 5.22. The maximum Gasteiger partial charge on any atom is 0.161 e. The minimum absolute atomic E-state index is 0.0352. The maximum absolute atomic E-state index is 13.9. The van der Waals surface area contributed by atoms with Crippen molar-refractivity contribution in [3.05, 3.63) is 94.3 Å². The zero-order chi connectivity index (χ0) is 19.1. The lowest BCUT2D eigenvalue weighted by Gasteiger charge is -2.14. The molecule has 0 amide bonds. The smallest absolute Gasteiger partial charge is 0.161 e. The van der Waals surface area contributed by atoms with Crippen LogP contribution in [-0.4, -0.2) is 7.11 Å². The van der Waals surface area contributed by atoms with Gasteiger partial charge in [0, 0.05) is 18.7 Å². The predicted octanol–water partition coefficient (Wildman–Crippen LogP) is 5.36. The van der Waals surface area contributed by atoms with Crippen LogP contribution < -0.4 is 14.8 Å². The van der Waals surface area contributed by atoms with Crippen LogP contribution in [0.2, 0.25) is 5.02 Å². The molecule has 3 nitrogen and oxygen atoms in total. The molecule has 0 saturated heterocycles. The molecule has 0 spiro atoms. The first kappa shape index (κ1) is 19.2. The van der Waals surface area contributed by atoms with E-state index < -0.39 is 0 Å². The number of halogens is 2. The fourth-order valence-electron chi connectivity index (χ4n) is 2.71. The van der Waals surface area contributed by atoms with Crippen LogP contribution in [-0.2, 0) is 19.7 Å². The molecule has 0 heterocycles. The Kier molecular flexibility index (Phi) is 6.69. The molecule has 5 heteroatoms. The summed E-state index contributed by atoms with van der Waals surface area (Å²) in [5.74, 6) is 0.758. The van der Waals surface area contributed by atoms with Crippen molar-refractivity contribution in [1.29, 1.82) is 0 Å². The van der Waals surface area contributed by atoms with Crippen molar-refractivity contribution in [2.75, 3.05) is 7.11 Å². The van der Waals surface area contributed by atoms with Crippen LogP contribution >= 0.6 is 11.6 Å². The molecule has 3 rings (SSSR count). The quantitative estimate of drug-likeness (QED) is 0.566.